The predicted molar refractivity (Wildman–Crippen MR) is 81.5 cm³/mol. The van der Waals surface area contributed by atoms with Crippen molar-refractivity contribution in [1.82, 2.24) is 15.2 Å². The van der Waals surface area contributed by atoms with Gasteiger partial charge in [-0.05, 0) is 25.2 Å². The van der Waals surface area contributed by atoms with Crippen LogP contribution in [0.15, 0.2) is 34.3 Å². The van der Waals surface area contributed by atoms with Gasteiger partial charge in [-0.25, -0.2) is 15.2 Å². The first kappa shape index (κ1) is 15.2. The first-order chi connectivity index (χ1) is 10.1. The van der Waals surface area contributed by atoms with E-state index < -0.39 is 0 Å². The summed E-state index contributed by atoms with van der Waals surface area (Å²) >= 11 is 0. The second-order valence-corrected chi connectivity index (χ2v) is 4.82. The van der Waals surface area contributed by atoms with E-state index in [1.54, 1.807) is 12.1 Å². The van der Waals surface area contributed by atoms with E-state index in [1.165, 1.54) is 12.1 Å². The molecule has 1 aliphatic rings. The monoisotopic (exact) mass is 293 g/mol. The van der Waals surface area contributed by atoms with Gasteiger partial charge in [0.05, 0.1) is 5.69 Å². The zero-order valence-electron chi connectivity index (χ0n) is 12.0. The van der Waals surface area contributed by atoms with Crippen molar-refractivity contribution in [3.8, 4) is 0 Å². The first-order valence-corrected chi connectivity index (χ1v) is 6.67. The maximum Gasteiger partial charge on any atom is 0.223 e. The molecule has 1 fully saturated rings. The molecule has 1 aliphatic heterocycles. The summed E-state index contributed by atoms with van der Waals surface area (Å²) in [6.45, 7) is 3.43. The lowest BCUT2D eigenvalue weighted by Crippen LogP contribution is -2.53. The van der Waals surface area contributed by atoms with E-state index in [1.807, 2.05) is 4.90 Å². The molecule has 0 aromatic heterocycles. The lowest BCUT2D eigenvalue weighted by Gasteiger charge is -2.33. The van der Waals surface area contributed by atoms with Crippen LogP contribution in [0.25, 0.3) is 0 Å². The SMILES string of the molecule is CN1CCN(C(=NC(N)=Nc2cccc(F)c2)NN)CC1. The van der Waals surface area contributed by atoms with Crippen molar-refractivity contribution in [2.45, 2.75) is 0 Å². The van der Waals surface area contributed by atoms with Crippen LogP contribution in [0.2, 0.25) is 0 Å². The van der Waals surface area contributed by atoms with Crippen LogP contribution in [-0.4, -0.2) is 54.9 Å². The van der Waals surface area contributed by atoms with E-state index in [2.05, 4.69) is 27.4 Å². The lowest BCUT2D eigenvalue weighted by atomic mass is 10.3. The molecule has 0 unspecified atom stereocenters. The summed E-state index contributed by atoms with van der Waals surface area (Å²) in [7, 11) is 2.06. The summed E-state index contributed by atoms with van der Waals surface area (Å²) in [4.78, 5) is 12.4. The summed E-state index contributed by atoms with van der Waals surface area (Å²) < 4.78 is 13.1. The van der Waals surface area contributed by atoms with Gasteiger partial charge in [0, 0.05) is 26.2 Å². The summed E-state index contributed by atoms with van der Waals surface area (Å²) in [6, 6.07) is 5.84. The van der Waals surface area contributed by atoms with Gasteiger partial charge in [0.2, 0.25) is 11.9 Å². The minimum absolute atomic E-state index is 0.0208. The molecule has 1 aromatic rings. The minimum Gasteiger partial charge on any atom is -0.368 e. The number of benzene rings is 1. The Morgan fingerprint density at radius 1 is 1.29 bits per heavy atom. The lowest BCUT2D eigenvalue weighted by molar-refractivity contribution is 0.211. The summed E-state index contributed by atoms with van der Waals surface area (Å²) in [5, 5.41) is 0. The Hall–Kier alpha value is -2.19. The van der Waals surface area contributed by atoms with Gasteiger partial charge in [-0.15, -0.1) is 0 Å². The van der Waals surface area contributed by atoms with E-state index >= 15 is 0 Å². The molecule has 8 heteroatoms. The maximum absolute atomic E-state index is 13.1. The topological polar surface area (TPSA) is 95.3 Å². The number of piperazine rings is 1. The summed E-state index contributed by atoms with van der Waals surface area (Å²) in [6.07, 6.45) is 0. The van der Waals surface area contributed by atoms with Crippen LogP contribution in [0.5, 0.6) is 0 Å². The van der Waals surface area contributed by atoms with Crippen molar-refractivity contribution in [3.63, 3.8) is 0 Å². The molecule has 0 radical (unpaired) electrons. The Bertz CT molecular complexity index is 535. The molecule has 114 valence electrons. The van der Waals surface area contributed by atoms with E-state index in [-0.39, 0.29) is 11.8 Å². The predicted octanol–water partition coefficient (Wildman–Crippen LogP) is -0.161. The highest BCUT2D eigenvalue weighted by Crippen LogP contribution is 2.12. The summed E-state index contributed by atoms with van der Waals surface area (Å²) in [5.41, 5.74) is 8.72. The second-order valence-electron chi connectivity index (χ2n) is 4.82. The Kier molecular flexibility index (Phi) is 5.07. The highest BCUT2D eigenvalue weighted by Gasteiger charge is 2.17. The molecule has 7 nitrogen and oxygen atoms in total. The smallest absolute Gasteiger partial charge is 0.223 e. The number of hydrazine groups is 1. The average Bonchev–Trinajstić information content (AvgIpc) is 2.46. The maximum atomic E-state index is 13.1. The van der Waals surface area contributed by atoms with Crippen LogP contribution in [-0.2, 0) is 0 Å². The Balaban J connectivity index is 2.11. The fourth-order valence-corrected chi connectivity index (χ4v) is 2.02. The molecule has 0 amide bonds. The van der Waals surface area contributed by atoms with E-state index in [9.17, 15) is 4.39 Å². The molecular formula is C13H20FN7. The number of rotatable bonds is 1. The largest absolute Gasteiger partial charge is 0.368 e. The number of nitrogens with one attached hydrogen (secondary N) is 1. The molecule has 0 saturated carbocycles. The summed E-state index contributed by atoms with van der Waals surface area (Å²) in [5.74, 6) is 5.61. The van der Waals surface area contributed by atoms with Gasteiger partial charge in [0.1, 0.15) is 5.82 Å². The third-order valence-electron chi connectivity index (χ3n) is 3.20. The van der Waals surface area contributed by atoms with Crippen LogP contribution in [0.1, 0.15) is 0 Å². The van der Waals surface area contributed by atoms with Gasteiger partial charge in [-0.1, -0.05) is 6.07 Å². The number of likely N-dealkylation sites (N-methyl/N-ethyl adjacent to an activating group) is 1. The van der Waals surface area contributed by atoms with Crippen molar-refractivity contribution in [1.29, 1.82) is 0 Å². The van der Waals surface area contributed by atoms with Gasteiger partial charge in [-0.3, -0.25) is 5.43 Å². The number of nitrogens with two attached hydrogens (primary N) is 2. The molecule has 0 bridgehead atoms. The number of hydrogen-bond donors (Lipinski definition) is 3. The van der Waals surface area contributed by atoms with Gasteiger partial charge < -0.3 is 15.5 Å². The Labute approximate surface area is 123 Å². The van der Waals surface area contributed by atoms with E-state index in [0.717, 1.165) is 26.2 Å². The van der Waals surface area contributed by atoms with Crippen LogP contribution < -0.4 is 17.0 Å². The van der Waals surface area contributed by atoms with E-state index in [4.69, 9.17) is 11.6 Å². The molecule has 0 aliphatic carbocycles. The van der Waals surface area contributed by atoms with Crippen molar-refractivity contribution >= 4 is 17.6 Å². The molecule has 5 N–H and O–H groups in total. The van der Waals surface area contributed by atoms with Crippen LogP contribution in [0.4, 0.5) is 10.1 Å². The molecule has 0 spiro atoms. The van der Waals surface area contributed by atoms with Crippen molar-refractivity contribution in [2.75, 3.05) is 33.2 Å². The van der Waals surface area contributed by atoms with Crippen molar-refractivity contribution < 1.29 is 4.39 Å². The van der Waals surface area contributed by atoms with Crippen molar-refractivity contribution in [3.05, 3.63) is 30.1 Å². The second kappa shape index (κ2) is 7.00. The minimum atomic E-state index is -0.371. The quantitative estimate of drug-likeness (QED) is 0.289. The third kappa shape index (κ3) is 4.40. The van der Waals surface area contributed by atoms with Gasteiger partial charge in [-0.2, -0.15) is 4.99 Å². The fraction of sp³-hybridized carbons (Fsp3) is 0.385. The fourth-order valence-electron chi connectivity index (χ4n) is 2.02. The molecule has 21 heavy (non-hydrogen) atoms. The third-order valence-corrected chi connectivity index (χ3v) is 3.20. The molecule has 0 atom stereocenters. The molecule has 1 aromatic carbocycles. The Morgan fingerprint density at radius 2 is 2.00 bits per heavy atom. The van der Waals surface area contributed by atoms with Crippen LogP contribution >= 0.6 is 0 Å². The van der Waals surface area contributed by atoms with Crippen LogP contribution in [0.3, 0.4) is 0 Å². The van der Waals surface area contributed by atoms with Gasteiger partial charge in [0.25, 0.3) is 0 Å². The van der Waals surface area contributed by atoms with Crippen molar-refractivity contribution in [2.24, 2.45) is 21.6 Å². The average molecular weight is 293 g/mol. The number of guanidine groups is 2. The molecule has 1 saturated heterocycles. The number of hydrogen-bond acceptors (Lipinski definition) is 3. The number of halogens is 1. The standard InChI is InChI=1S/C13H20FN7/c1-20-5-7-21(8-6-20)13(19-16)18-12(15)17-11-4-2-3-10(14)9-11/h2-4,9H,5-8,16H2,1H3,(H3,15,17,18,19). The normalized spacial score (nSPS) is 18.0. The molecule has 1 heterocycles. The zero-order chi connectivity index (χ0) is 15.2. The first-order valence-electron chi connectivity index (χ1n) is 6.67. The number of aliphatic imine (C=N–C) groups is 2. The highest BCUT2D eigenvalue weighted by molar-refractivity contribution is 5.94. The highest BCUT2D eigenvalue weighted by atomic mass is 19.1. The van der Waals surface area contributed by atoms with E-state index in [0.29, 0.717) is 11.6 Å². The molecule has 2 rings (SSSR count). The Morgan fingerprint density at radius 3 is 2.62 bits per heavy atom. The number of nitrogens with zero attached hydrogens (tertiary/aromatic N) is 4. The van der Waals surface area contributed by atoms with Crippen LogP contribution in [0, 0.1) is 5.82 Å². The van der Waals surface area contributed by atoms with Gasteiger partial charge >= 0.3 is 0 Å². The van der Waals surface area contributed by atoms with Gasteiger partial charge in [0.15, 0.2) is 0 Å². The zero-order valence-corrected chi connectivity index (χ0v) is 12.0. The molecular weight excluding hydrogens is 273 g/mol.